The van der Waals surface area contributed by atoms with E-state index in [4.69, 9.17) is 9.47 Å². The first kappa shape index (κ1) is 24.2. The molecule has 10 nitrogen and oxygen atoms in total. The van der Waals surface area contributed by atoms with Gasteiger partial charge in [-0.3, -0.25) is 24.5 Å². The maximum atomic E-state index is 13.0. The maximum Gasteiger partial charge on any atom is 0.410 e. The van der Waals surface area contributed by atoms with Crippen molar-refractivity contribution in [1.82, 2.24) is 15.1 Å². The summed E-state index contributed by atoms with van der Waals surface area (Å²) in [5.41, 5.74) is -0.366. The Balaban J connectivity index is 1.62. The van der Waals surface area contributed by atoms with Crippen LogP contribution >= 0.6 is 0 Å². The Morgan fingerprint density at radius 3 is 2.55 bits per heavy atom. The fourth-order valence-corrected chi connectivity index (χ4v) is 3.72. The number of rotatable bonds is 6. The van der Waals surface area contributed by atoms with Gasteiger partial charge in [-0.15, -0.1) is 0 Å². The minimum Gasteiger partial charge on any atom is -0.492 e. The highest BCUT2D eigenvalue weighted by Gasteiger charge is 2.35. The molecule has 33 heavy (non-hydrogen) atoms. The average Bonchev–Trinajstić information content (AvgIpc) is 2.70. The summed E-state index contributed by atoms with van der Waals surface area (Å²) in [5.74, 6) is -1.11. The summed E-state index contributed by atoms with van der Waals surface area (Å²) >= 11 is 0. The topological polar surface area (TPSA) is 122 Å². The molecule has 0 aromatic heterocycles. The van der Waals surface area contributed by atoms with Gasteiger partial charge in [-0.2, -0.15) is 0 Å². The number of benzene rings is 1. The molecule has 1 N–H and O–H groups in total. The molecular weight excluding hydrogens is 430 g/mol. The quantitative estimate of drug-likeness (QED) is 0.507. The Kier molecular flexibility index (Phi) is 7.04. The van der Waals surface area contributed by atoms with E-state index in [1.807, 2.05) is 0 Å². The Hall–Kier alpha value is -3.43. The van der Waals surface area contributed by atoms with Crippen molar-refractivity contribution in [3.63, 3.8) is 0 Å². The number of hydrogen-bond donors (Lipinski definition) is 1. The molecule has 1 unspecified atom stereocenters. The maximum absolute atomic E-state index is 13.0. The lowest BCUT2D eigenvalue weighted by molar-refractivity contribution is -0.136. The number of nitrogens with one attached hydrogen (secondary N) is 1. The van der Waals surface area contributed by atoms with Crippen molar-refractivity contribution in [2.75, 3.05) is 26.7 Å². The van der Waals surface area contributed by atoms with E-state index in [2.05, 4.69) is 5.32 Å². The standard InChI is InChI=1S/C23H29N3O7/c1-23(2,3)33-22(31)26-10-14(11-26)13-32-18-7-5-6-15(16(18)12-27)21(30)25(4)17-8-9-19(28)24-20(17)29/h5-7,12,14,17H,8-11,13H2,1-4H3,(H,24,28,29). The third-order valence-corrected chi connectivity index (χ3v) is 5.50. The minimum atomic E-state index is -0.798. The van der Waals surface area contributed by atoms with E-state index in [1.54, 1.807) is 37.8 Å². The van der Waals surface area contributed by atoms with Crippen molar-refractivity contribution < 1.29 is 33.4 Å². The number of ether oxygens (including phenoxy) is 2. The van der Waals surface area contributed by atoms with E-state index in [1.165, 1.54) is 18.0 Å². The van der Waals surface area contributed by atoms with Gasteiger partial charge in [-0.1, -0.05) is 6.07 Å². The second-order valence-electron chi connectivity index (χ2n) is 9.28. The number of carbonyl (C=O) groups is 5. The van der Waals surface area contributed by atoms with Gasteiger partial charge >= 0.3 is 6.09 Å². The van der Waals surface area contributed by atoms with Crippen molar-refractivity contribution >= 4 is 30.1 Å². The molecule has 0 saturated carbocycles. The van der Waals surface area contributed by atoms with Crippen LogP contribution in [0.5, 0.6) is 5.75 Å². The highest BCUT2D eigenvalue weighted by molar-refractivity contribution is 6.06. The predicted octanol–water partition coefficient (Wildman–Crippen LogP) is 1.62. The van der Waals surface area contributed by atoms with Crippen LogP contribution in [0.15, 0.2) is 18.2 Å². The lowest BCUT2D eigenvalue weighted by atomic mass is 10.0. The summed E-state index contributed by atoms with van der Waals surface area (Å²) in [4.78, 5) is 63.2. The Morgan fingerprint density at radius 2 is 1.94 bits per heavy atom. The molecule has 10 heteroatoms. The summed E-state index contributed by atoms with van der Waals surface area (Å²) in [6, 6.07) is 3.89. The molecular formula is C23H29N3O7. The molecule has 2 aliphatic heterocycles. The molecule has 2 heterocycles. The number of aldehydes is 1. The second kappa shape index (κ2) is 9.60. The van der Waals surface area contributed by atoms with Gasteiger partial charge in [0.25, 0.3) is 5.91 Å². The molecule has 1 atom stereocenters. The van der Waals surface area contributed by atoms with E-state index >= 15 is 0 Å². The van der Waals surface area contributed by atoms with Crippen LogP contribution in [-0.4, -0.2) is 78.3 Å². The Labute approximate surface area is 192 Å². The number of hydrogen-bond acceptors (Lipinski definition) is 7. The van der Waals surface area contributed by atoms with Crippen LogP contribution in [-0.2, 0) is 14.3 Å². The number of carbonyl (C=O) groups excluding carboxylic acids is 5. The van der Waals surface area contributed by atoms with Crippen molar-refractivity contribution in [2.24, 2.45) is 5.92 Å². The van der Waals surface area contributed by atoms with Gasteiger partial charge in [0.05, 0.1) is 17.7 Å². The summed E-state index contributed by atoms with van der Waals surface area (Å²) in [6.07, 6.45) is 0.528. The van der Waals surface area contributed by atoms with E-state index < -0.39 is 23.5 Å². The third kappa shape index (κ3) is 5.68. The van der Waals surface area contributed by atoms with Crippen LogP contribution in [0.2, 0.25) is 0 Å². The minimum absolute atomic E-state index is 0.0718. The normalized spacial score (nSPS) is 18.8. The molecule has 2 saturated heterocycles. The highest BCUT2D eigenvalue weighted by atomic mass is 16.6. The number of likely N-dealkylation sites (tertiary alicyclic amines) is 1. The molecule has 0 aliphatic carbocycles. The van der Waals surface area contributed by atoms with Crippen LogP contribution in [0, 0.1) is 5.92 Å². The summed E-state index contributed by atoms with van der Waals surface area (Å²) < 4.78 is 11.1. The summed E-state index contributed by atoms with van der Waals surface area (Å²) in [5, 5.41) is 2.22. The van der Waals surface area contributed by atoms with Crippen molar-refractivity contribution in [3.05, 3.63) is 29.3 Å². The summed E-state index contributed by atoms with van der Waals surface area (Å²) in [7, 11) is 1.46. The summed E-state index contributed by atoms with van der Waals surface area (Å²) in [6.45, 7) is 6.62. The number of piperidine rings is 1. The number of likely N-dealkylation sites (N-methyl/N-ethyl adjacent to an activating group) is 1. The molecule has 1 aromatic carbocycles. The van der Waals surface area contributed by atoms with Crippen LogP contribution in [0.4, 0.5) is 4.79 Å². The SMILES string of the molecule is CN(C(=O)c1cccc(OCC2CN(C(=O)OC(C)(C)C)C2)c1C=O)C1CCC(=O)NC1=O. The van der Waals surface area contributed by atoms with Gasteiger partial charge in [0.2, 0.25) is 11.8 Å². The molecule has 2 aliphatic rings. The molecule has 4 amide bonds. The zero-order chi connectivity index (χ0) is 24.3. The number of nitrogens with zero attached hydrogens (tertiary/aromatic N) is 2. The molecule has 0 spiro atoms. The molecule has 2 fully saturated rings. The van der Waals surface area contributed by atoms with Gasteiger partial charge in [0.15, 0.2) is 6.29 Å². The largest absolute Gasteiger partial charge is 0.492 e. The van der Waals surface area contributed by atoms with E-state index in [9.17, 15) is 24.0 Å². The number of imide groups is 1. The first-order chi connectivity index (χ1) is 15.5. The van der Waals surface area contributed by atoms with Crippen LogP contribution in [0.1, 0.15) is 54.3 Å². The third-order valence-electron chi connectivity index (χ3n) is 5.50. The molecule has 3 rings (SSSR count). The van der Waals surface area contributed by atoms with Gasteiger partial charge in [-0.25, -0.2) is 4.79 Å². The molecule has 178 valence electrons. The van der Waals surface area contributed by atoms with Crippen molar-refractivity contribution in [3.8, 4) is 5.75 Å². The van der Waals surface area contributed by atoms with Gasteiger partial charge in [-0.05, 0) is 39.3 Å². The highest BCUT2D eigenvalue weighted by Crippen LogP contribution is 2.26. The Bertz CT molecular complexity index is 963. The first-order valence-corrected chi connectivity index (χ1v) is 10.8. The first-order valence-electron chi connectivity index (χ1n) is 10.8. The van der Waals surface area contributed by atoms with Crippen LogP contribution < -0.4 is 10.1 Å². The zero-order valence-electron chi connectivity index (χ0n) is 19.3. The lowest BCUT2D eigenvalue weighted by Crippen LogP contribution is -2.53. The van der Waals surface area contributed by atoms with Crippen molar-refractivity contribution in [2.45, 2.75) is 45.3 Å². The molecule has 0 radical (unpaired) electrons. The molecule has 1 aromatic rings. The number of amides is 4. The van der Waals surface area contributed by atoms with Crippen molar-refractivity contribution in [1.29, 1.82) is 0 Å². The van der Waals surface area contributed by atoms with E-state index in [0.29, 0.717) is 19.4 Å². The smallest absolute Gasteiger partial charge is 0.410 e. The van der Waals surface area contributed by atoms with Gasteiger partial charge in [0.1, 0.15) is 17.4 Å². The molecule has 0 bridgehead atoms. The fourth-order valence-electron chi connectivity index (χ4n) is 3.72. The average molecular weight is 459 g/mol. The zero-order valence-corrected chi connectivity index (χ0v) is 19.3. The lowest BCUT2D eigenvalue weighted by Gasteiger charge is -2.39. The Morgan fingerprint density at radius 1 is 1.24 bits per heavy atom. The van der Waals surface area contributed by atoms with Crippen LogP contribution in [0.25, 0.3) is 0 Å². The van der Waals surface area contributed by atoms with E-state index in [0.717, 1.165) is 0 Å². The predicted molar refractivity (Wildman–Crippen MR) is 117 cm³/mol. The van der Waals surface area contributed by atoms with E-state index in [-0.39, 0.29) is 54.2 Å². The van der Waals surface area contributed by atoms with Gasteiger partial charge < -0.3 is 19.3 Å². The fraction of sp³-hybridized carbons (Fsp3) is 0.522. The monoisotopic (exact) mass is 459 g/mol. The van der Waals surface area contributed by atoms with Gasteiger partial charge in [0, 0.05) is 32.5 Å². The van der Waals surface area contributed by atoms with Crippen LogP contribution in [0.3, 0.4) is 0 Å². The second-order valence-corrected chi connectivity index (χ2v) is 9.28.